The Bertz CT molecular complexity index is 375. The highest BCUT2D eigenvalue weighted by molar-refractivity contribution is 5.09. The largest absolute Gasteiger partial charge is 0.311 e. The molecule has 1 aliphatic heterocycles. The summed E-state index contributed by atoms with van der Waals surface area (Å²) in [7, 11) is 0. The number of hydrogen-bond acceptors (Lipinski definition) is 3. The van der Waals surface area contributed by atoms with Gasteiger partial charge in [-0.15, -0.1) is 0 Å². The quantitative estimate of drug-likeness (QED) is 0.875. The molecule has 0 bridgehead atoms. The summed E-state index contributed by atoms with van der Waals surface area (Å²) in [5, 5.41) is 3.70. The van der Waals surface area contributed by atoms with E-state index < -0.39 is 0 Å². The molecule has 2 atom stereocenters. The predicted molar refractivity (Wildman–Crippen MR) is 73.5 cm³/mol. The molecule has 1 aromatic heterocycles. The predicted octanol–water partition coefficient (Wildman–Crippen LogP) is 1.70. The zero-order valence-corrected chi connectivity index (χ0v) is 11.2. The number of piperazine rings is 1. The first-order chi connectivity index (χ1) is 8.83. The van der Waals surface area contributed by atoms with Gasteiger partial charge < -0.3 is 5.32 Å². The Morgan fingerprint density at radius 3 is 3.06 bits per heavy atom. The maximum absolute atomic E-state index is 4.19. The molecule has 1 saturated heterocycles. The van der Waals surface area contributed by atoms with Crippen molar-refractivity contribution in [1.29, 1.82) is 0 Å². The van der Waals surface area contributed by atoms with Gasteiger partial charge in [0.05, 0.1) is 0 Å². The van der Waals surface area contributed by atoms with Crippen molar-refractivity contribution in [2.45, 2.75) is 38.3 Å². The van der Waals surface area contributed by atoms with Gasteiger partial charge in [-0.05, 0) is 43.7 Å². The fraction of sp³-hybridized carbons (Fsp3) is 0.667. The molecule has 0 aromatic carbocycles. The van der Waals surface area contributed by atoms with E-state index in [0.717, 1.165) is 31.5 Å². The summed E-state index contributed by atoms with van der Waals surface area (Å²) < 4.78 is 0. The van der Waals surface area contributed by atoms with Crippen molar-refractivity contribution in [2.24, 2.45) is 5.92 Å². The lowest BCUT2D eigenvalue weighted by molar-refractivity contribution is 0.134. The van der Waals surface area contributed by atoms with Gasteiger partial charge in [0.25, 0.3) is 0 Å². The minimum Gasteiger partial charge on any atom is -0.311 e. The van der Waals surface area contributed by atoms with Crippen molar-refractivity contribution in [2.75, 3.05) is 19.6 Å². The molecule has 2 unspecified atom stereocenters. The lowest BCUT2D eigenvalue weighted by Crippen LogP contribution is -2.56. The van der Waals surface area contributed by atoms with E-state index in [1.165, 1.54) is 24.9 Å². The van der Waals surface area contributed by atoms with Crippen LogP contribution in [0.1, 0.15) is 25.3 Å². The molecular weight excluding hydrogens is 222 g/mol. The molecule has 0 radical (unpaired) electrons. The summed E-state index contributed by atoms with van der Waals surface area (Å²) >= 11 is 0. The van der Waals surface area contributed by atoms with E-state index in [-0.39, 0.29) is 0 Å². The number of aromatic nitrogens is 1. The van der Waals surface area contributed by atoms with Gasteiger partial charge in [0, 0.05) is 44.1 Å². The first-order valence-electron chi connectivity index (χ1n) is 7.19. The van der Waals surface area contributed by atoms with Gasteiger partial charge in [0.1, 0.15) is 0 Å². The van der Waals surface area contributed by atoms with E-state index in [1.54, 1.807) is 0 Å². The van der Waals surface area contributed by atoms with Crippen LogP contribution >= 0.6 is 0 Å². The van der Waals surface area contributed by atoms with Crippen LogP contribution in [0.15, 0.2) is 24.5 Å². The van der Waals surface area contributed by atoms with Gasteiger partial charge in [0.15, 0.2) is 0 Å². The molecule has 1 N–H and O–H groups in total. The lowest BCUT2D eigenvalue weighted by atomic mass is 10.1. The fourth-order valence-corrected chi connectivity index (χ4v) is 2.89. The monoisotopic (exact) mass is 245 g/mol. The van der Waals surface area contributed by atoms with Gasteiger partial charge in [-0.3, -0.25) is 9.88 Å². The molecular formula is C15H23N3. The highest BCUT2D eigenvalue weighted by Crippen LogP contribution is 2.34. The van der Waals surface area contributed by atoms with Gasteiger partial charge in [-0.2, -0.15) is 0 Å². The Morgan fingerprint density at radius 1 is 1.44 bits per heavy atom. The van der Waals surface area contributed by atoms with Gasteiger partial charge in [-0.1, -0.05) is 6.07 Å². The van der Waals surface area contributed by atoms with Gasteiger partial charge in [0.2, 0.25) is 0 Å². The van der Waals surface area contributed by atoms with E-state index in [2.05, 4.69) is 28.2 Å². The topological polar surface area (TPSA) is 28.2 Å². The second-order valence-electron chi connectivity index (χ2n) is 5.81. The molecule has 2 aliphatic rings. The van der Waals surface area contributed by atoms with Gasteiger partial charge >= 0.3 is 0 Å². The van der Waals surface area contributed by atoms with Crippen molar-refractivity contribution < 1.29 is 0 Å². The summed E-state index contributed by atoms with van der Waals surface area (Å²) in [5.41, 5.74) is 1.35. The number of rotatable bonds is 4. The third-order valence-electron chi connectivity index (χ3n) is 4.33. The first-order valence-corrected chi connectivity index (χ1v) is 7.19. The summed E-state index contributed by atoms with van der Waals surface area (Å²) in [6.07, 6.45) is 7.83. The average Bonchev–Trinajstić information content (AvgIpc) is 3.23. The number of nitrogens with zero attached hydrogens (tertiary/aromatic N) is 2. The summed E-state index contributed by atoms with van der Waals surface area (Å²) in [6, 6.07) is 5.62. The van der Waals surface area contributed by atoms with Crippen molar-refractivity contribution >= 4 is 0 Å². The summed E-state index contributed by atoms with van der Waals surface area (Å²) in [6.45, 7) is 5.87. The first kappa shape index (κ1) is 12.1. The Morgan fingerprint density at radius 2 is 2.33 bits per heavy atom. The van der Waals surface area contributed by atoms with Crippen LogP contribution in [0.3, 0.4) is 0 Å². The Labute approximate surface area is 110 Å². The van der Waals surface area contributed by atoms with Crippen LogP contribution in [0.4, 0.5) is 0 Å². The van der Waals surface area contributed by atoms with E-state index in [4.69, 9.17) is 0 Å². The van der Waals surface area contributed by atoms with Crippen LogP contribution in [0.25, 0.3) is 0 Å². The highest BCUT2D eigenvalue weighted by atomic mass is 15.2. The molecule has 3 nitrogen and oxygen atoms in total. The van der Waals surface area contributed by atoms with Crippen molar-refractivity contribution in [3.05, 3.63) is 30.1 Å². The average molecular weight is 245 g/mol. The van der Waals surface area contributed by atoms with E-state index in [1.807, 2.05) is 18.5 Å². The lowest BCUT2D eigenvalue weighted by Gasteiger charge is -2.39. The molecule has 3 heteroatoms. The molecule has 18 heavy (non-hydrogen) atoms. The SMILES string of the molecule is CC1CNC(C2CC2)CN1CCc1cccnc1. The molecule has 0 amide bonds. The second-order valence-corrected chi connectivity index (χ2v) is 5.81. The van der Waals surface area contributed by atoms with Crippen LogP contribution in [-0.2, 0) is 6.42 Å². The van der Waals surface area contributed by atoms with E-state index in [9.17, 15) is 0 Å². The van der Waals surface area contributed by atoms with Crippen LogP contribution in [0, 0.1) is 5.92 Å². The smallest absolute Gasteiger partial charge is 0.0300 e. The molecule has 1 saturated carbocycles. The minimum absolute atomic E-state index is 0.664. The third-order valence-corrected chi connectivity index (χ3v) is 4.33. The summed E-state index contributed by atoms with van der Waals surface area (Å²) in [5.74, 6) is 0.957. The standard InChI is InChI=1S/C15H23N3/c1-12-9-17-15(14-4-5-14)11-18(12)8-6-13-3-2-7-16-10-13/h2-3,7,10,12,14-15,17H,4-6,8-9,11H2,1H3. The zero-order valence-electron chi connectivity index (χ0n) is 11.2. The van der Waals surface area contributed by atoms with Crippen LogP contribution in [0.5, 0.6) is 0 Å². The van der Waals surface area contributed by atoms with Crippen molar-refractivity contribution in [1.82, 2.24) is 15.2 Å². The van der Waals surface area contributed by atoms with E-state index in [0.29, 0.717) is 6.04 Å². The maximum Gasteiger partial charge on any atom is 0.0300 e. The van der Waals surface area contributed by atoms with Crippen molar-refractivity contribution in [3.63, 3.8) is 0 Å². The zero-order chi connectivity index (χ0) is 12.4. The fourth-order valence-electron chi connectivity index (χ4n) is 2.89. The minimum atomic E-state index is 0.664. The molecule has 1 aliphatic carbocycles. The third kappa shape index (κ3) is 2.90. The molecule has 0 spiro atoms. The molecule has 3 rings (SSSR count). The van der Waals surface area contributed by atoms with Crippen molar-refractivity contribution in [3.8, 4) is 0 Å². The Balaban J connectivity index is 1.53. The van der Waals surface area contributed by atoms with Gasteiger partial charge in [-0.25, -0.2) is 0 Å². The Hall–Kier alpha value is -0.930. The second kappa shape index (κ2) is 5.37. The molecule has 1 aromatic rings. The Kier molecular flexibility index (Phi) is 3.62. The van der Waals surface area contributed by atoms with Crippen LogP contribution in [-0.4, -0.2) is 41.6 Å². The molecule has 2 fully saturated rings. The van der Waals surface area contributed by atoms with E-state index >= 15 is 0 Å². The number of nitrogens with one attached hydrogen (secondary N) is 1. The number of hydrogen-bond donors (Lipinski definition) is 1. The normalized spacial score (nSPS) is 29.4. The molecule has 2 heterocycles. The maximum atomic E-state index is 4.19. The molecule has 98 valence electrons. The highest BCUT2D eigenvalue weighted by Gasteiger charge is 2.35. The number of pyridine rings is 1. The summed E-state index contributed by atoms with van der Waals surface area (Å²) in [4.78, 5) is 6.84. The van der Waals surface area contributed by atoms with Crippen LogP contribution < -0.4 is 5.32 Å². The van der Waals surface area contributed by atoms with Crippen LogP contribution in [0.2, 0.25) is 0 Å².